The molecule has 0 spiro atoms. The Labute approximate surface area is 109 Å². The third-order valence-electron chi connectivity index (χ3n) is 0.687. The molecule has 0 aliphatic heterocycles. The highest BCUT2D eigenvalue weighted by Crippen LogP contribution is 2.52. The van der Waals surface area contributed by atoms with Crippen molar-refractivity contribution in [1.82, 2.24) is 0 Å². The number of aliphatic hydroxyl groups is 1. The van der Waals surface area contributed by atoms with E-state index >= 15 is 0 Å². The molecule has 0 radical (unpaired) electrons. The van der Waals surface area contributed by atoms with E-state index in [2.05, 4.69) is 95.6 Å². The first-order valence-corrected chi connectivity index (χ1v) is 6.96. The second-order valence-corrected chi connectivity index (χ2v) is 12.5. The highest BCUT2D eigenvalue weighted by atomic mass is 80.0. The van der Waals surface area contributed by atoms with Crippen LogP contribution in [0, 0.1) is 0 Å². The fraction of sp³-hybridized carbons (Fsp3) is 1.00. The molecule has 0 rings (SSSR count). The van der Waals surface area contributed by atoms with Gasteiger partial charge in [-0.05, 0) is 15.9 Å². The summed E-state index contributed by atoms with van der Waals surface area (Å²) in [4.78, 5) is 0. The number of halogens is 6. The Morgan fingerprint density at radius 1 is 1.00 bits per heavy atom. The van der Waals surface area contributed by atoms with E-state index in [9.17, 15) is 5.11 Å². The molecule has 0 aliphatic rings. The molecule has 0 bridgehead atoms. The molecule has 0 saturated heterocycles. The van der Waals surface area contributed by atoms with E-state index < -0.39 is 6.65 Å². The van der Waals surface area contributed by atoms with Gasteiger partial charge in [-0.25, -0.2) is 0 Å². The average Bonchev–Trinajstić information content (AvgIpc) is 1.62. The van der Waals surface area contributed by atoms with Crippen molar-refractivity contribution in [2.75, 3.05) is 0 Å². The van der Waals surface area contributed by atoms with Crippen LogP contribution in [0.3, 0.4) is 0 Å². The number of hydrogen-bond donors (Lipinski definition) is 1. The van der Waals surface area contributed by atoms with Gasteiger partial charge < -0.3 is 5.11 Å². The topological polar surface area (TPSA) is 20.2 Å². The normalized spacial score (nSPS) is 19.2. The van der Waals surface area contributed by atoms with Crippen molar-refractivity contribution in [2.24, 2.45) is 0 Å². The van der Waals surface area contributed by atoms with E-state index in [1.807, 2.05) is 0 Å². The lowest BCUT2D eigenvalue weighted by Crippen LogP contribution is -2.40. The van der Waals surface area contributed by atoms with Crippen LogP contribution in [0.4, 0.5) is 0 Å². The maximum absolute atomic E-state index is 9.61. The van der Waals surface area contributed by atoms with E-state index in [0.29, 0.717) is 0 Å². The summed E-state index contributed by atoms with van der Waals surface area (Å²) in [5.41, 5.74) is 0. The van der Waals surface area contributed by atoms with Gasteiger partial charge in [0, 0.05) is 0 Å². The summed E-state index contributed by atoms with van der Waals surface area (Å²) < 4.78 is -2.22. The molecule has 7 heteroatoms. The van der Waals surface area contributed by atoms with Gasteiger partial charge in [0.2, 0.25) is 0 Å². The minimum Gasteiger partial charge on any atom is -0.374 e. The molecule has 0 saturated carbocycles. The predicted octanol–water partition coefficient (Wildman–Crippen LogP) is 4.02. The van der Waals surface area contributed by atoms with Gasteiger partial charge in [0.05, 0.1) is 0 Å². The number of rotatable bonds is 1. The summed E-state index contributed by atoms with van der Waals surface area (Å²) in [6.07, 6.45) is 0. The molecule has 1 atom stereocenters. The highest BCUT2D eigenvalue weighted by Gasteiger charge is 2.47. The van der Waals surface area contributed by atoms with E-state index in [0.717, 1.165) is 0 Å². The van der Waals surface area contributed by atoms with E-state index in [1.165, 1.54) is 0 Å². The first-order chi connectivity index (χ1) is 4.19. The largest absolute Gasteiger partial charge is 0.374 e. The van der Waals surface area contributed by atoms with Crippen molar-refractivity contribution < 1.29 is 5.11 Å². The third kappa shape index (κ3) is 3.30. The van der Waals surface area contributed by atoms with Crippen LogP contribution < -0.4 is 0 Å². The monoisotopic (exact) mass is 528 g/mol. The molecule has 0 aliphatic carbocycles. The van der Waals surface area contributed by atoms with Crippen LogP contribution >= 0.6 is 95.6 Å². The van der Waals surface area contributed by atoms with Crippen molar-refractivity contribution in [2.45, 2.75) is 10.4 Å². The Kier molecular flexibility index (Phi) is 5.61. The summed E-state index contributed by atoms with van der Waals surface area (Å²) >= 11 is 18.9. The molecule has 0 aromatic carbocycles. The van der Waals surface area contributed by atoms with Crippen molar-refractivity contribution in [3.63, 3.8) is 0 Å². The fourth-order valence-corrected chi connectivity index (χ4v) is 3.34. The molecule has 62 valence electrons. The van der Waals surface area contributed by atoms with Gasteiger partial charge in [-0.2, -0.15) is 0 Å². The van der Waals surface area contributed by atoms with Crippen LogP contribution in [-0.2, 0) is 0 Å². The number of hydrogen-bond acceptors (Lipinski definition) is 1. The third-order valence-corrected chi connectivity index (χ3v) is 7.70. The van der Waals surface area contributed by atoms with Crippen molar-refractivity contribution in [3.8, 4) is 0 Å². The maximum atomic E-state index is 9.61. The smallest absolute Gasteiger partial charge is 0.176 e. The molecule has 0 aromatic rings. The molecule has 10 heavy (non-hydrogen) atoms. The van der Waals surface area contributed by atoms with Gasteiger partial charge in [0.25, 0.3) is 0 Å². The van der Waals surface area contributed by atoms with Crippen LogP contribution in [0.2, 0.25) is 0 Å². The molecular formula is C3H2Br6O. The Balaban J connectivity index is 4.40. The lowest BCUT2D eigenvalue weighted by atomic mass is 10.5. The second kappa shape index (κ2) is 4.37. The predicted molar refractivity (Wildman–Crippen MR) is 65.0 cm³/mol. The van der Waals surface area contributed by atoms with Crippen molar-refractivity contribution >= 4 is 95.6 Å². The minimum absolute atomic E-state index is 0.286. The van der Waals surface area contributed by atoms with E-state index in [4.69, 9.17) is 0 Å². The molecule has 1 nitrogen and oxygen atoms in total. The molecule has 0 fully saturated rings. The van der Waals surface area contributed by atoms with E-state index in [-0.39, 0.29) is 3.74 Å². The van der Waals surface area contributed by atoms with Gasteiger partial charge in [-0.1, -0.05) is 79.6 Å². The summed E-state index contributed by atoms with van der Waals surface area (Å²) in [6.45, 7) is 0. The highest BCUT2D eigenvalue weighted by molar-refractivity contribution is 9.40. The Morgan fingerprint density at radius 3 is 1.30 bits per heavy atom. The lowest BCUT2D eigenvalue weighted by molar-refractivity contribution is 0.181. The molecule has 1 unspecified atom stereocenters. The van der Waals surface area contributed by atoms with Gasteiger partial charge in [0.1, 0.15) is 3.74 Å². The van der Waals surface area contributed by atoms with Crippen LogP contribution in [0.1, 0.15) is 0 Å². The van der Waals surface area contributed by atoms with Gasteiger partial charge in [0.15, 0.2) is 6.65 Å². The Morgan fingerprint density at radius 2 is 1.30 bits per heavy atom. The fourth-order valence-electron chi connectivity index (χ4n) is 0.124. The Hall–Kier alpha value is 2.84. The molecule has 0 heterocycles. The van der Waals surface area contributed by atoms with Gasteiger partial charge in [-0.15, -0.1) is 0 Å². The van der Waals surface area contributed by atoms with Gasteiger partial charge in [-0.3, -0.25) is 0 Å². The standard InChI is InChI=1S/C3H2Br6O/c4-1(5)2(6,10)3(7,8)9/h1,10H. The molecule has 1 N–H and O–H groups in total. The average molecular weight is 533 g/mol. The van der Waals surface area contributed by atoms with Gasteiger partial charge >= 0.3 is 0 Å². The summed E-state index contributed by atoms with van der Waals surface area (Å²) in [5.74, 6) is 0. The zero-order chi connectivity index (χ0) is 8.58. The zero-order valence-corrected chi connectivity index (χ0v) is 13.8. The first-order valence-electron chi connectivity index (χ1n) is 1.95. The van der Waals surface area contributed by atoms with Crippen LogP contribution in [0.5, 0.6) is 0 Å². The second-order valence-electron chi connectivity index (χ2n) is 1.47. The summed E-state index contributed by atoms with van der Waals surface area (Å²) in [7, 11) is 0. The molecule has 0 aromatic heterocycles. The molecular weight excluding hydrogens is 531 g/mol. The first kappa shape index (κ1) is 12.8. The van der Waals surface area contributed by atoms with Crippen molar-refractivity contribution in [3.05, 3.63) is 0 Å². The lowest BCUT2D eigenvalue weighted by Gasteiger charge is -2.31. The summed E-state index contributed by atoms with van der Waals surface area (Å²) in [5, 5.41) is 9.61. The number of alkyl halides is 6. The van der Waals surface area contributed by atoms with E-state index in [1.54, 1.807) is 0 Å². The zero-order valence-electron chi connectivity index (χ0n) is 4.29. The maximum Gasteiger partial charge on any atom is 0.176 e. The molecule has 0 amide bonds. The quantitative estimate of drug-likeness (QED) is 0.505. The van der Waals surface area contributed by atoms with Crippen LogP contribution in [0.15, 0.2) is 0 Å². The SMILES string of the molecule is OC(Br)(C(Br)Br)C(Br)(Br)Br. The summed E-state index contributed by atoms with van der Waals surface area (Å²) in [6, 6.07) is 0. The van der Waals surface area contributed by atoms with Crippen LogP contribution in [-0.4, -0.2) is 15.5 Å². The van der Waals surface area contributed by atoms with Crippen molar-refractivity contribution in [1.29, 1.82) is 0 Å². The minimum atomic E-state index is -1.17. The Bertz CT molecular complexity index is 115. The van der Waals surface area contributed by atoms with Crippen LogP contribution in [0.25, 0.3) is 0 Å².